The fourth-order valence-corrected chi connectivity index (χ4v) is 13.7. The average Bonchev–Trinajstić information content (AvgIpc) is 0.862. The molecule has 30 heteroatoms. The second-order valence-corrected chi connectivity index (χ2v) is 36.0. The number of amides is 3. The van der Waals surface area contributed by atoms with Crippen LogP contribution in [0.2, 0.25) is 0 Å². The summed E-state index contributed by atoms with van der Waals surface area (Å²) in [4.78, 5) is 33.5. The van der Waals surface area contributed by atoms with E-state index in [4.69, 9.17) is 14.2 Å². The molecule has 0 bridgehead atoms. The minimum Gasteiger partial charge on any atom is -0.497 e. The number of unbranched alkanes of at least 4 members (excludes halogenated alkanes) is 1. The molecule has 3 amide bonds. The highest BCUT2D eigenvalue weighted by Gasteiger charge is 2.16. The number of hydrogen-bond acceptors (Lipinski definition) is 16. The van der Waals surface area contributed by atoms with E-state index >= 15 is 0 Å². The van der Waals surface area contributed by atoms with E-state index in [-0.39, 0.29) is 29.6 Å². The number of benzene rings is 9. The van der Waals surface area contributed by atoms with Crippen molar-refractivity contribution in [2.45, 2.75) is 154 Å². The zero-order chi connectivity index (χ0) is 86.5. The first-order valence-electron chi connectivity index (χ1n) is 36.7. The average molecular weight is 1680 g/mol. The third kappa shape index (κ3) is 47.5. The molecule has 0 unspecified atom stereocenters. The molecular weight excluding hydrogens is 1560 g/mol. The molecule has 626 valence electrons. The molecule has 9 rings (SSSR count). The number of carbonyl (C=O) groups is 3. The molecule has 0 saturated carbocycles. The molecule has 0 aliphatic carbocycles. The first-order valence-corrected chi connectivity index (χ1v) is 44.6. The molecular formula is C85H115N9O16S5. The topological polar surface area (TPSA) is 358 Å². The van der Waals surface area contributed by atoms with Gasteiger partial charge in [0.25, 0.3) is 20.2 Å². The van der Waals surface area contributed by atoms with E-state index in [1.54, 1.807) is 120 Å². The lowest BCUT2D eigenvalue weighted by molar-refractivity contribution is -0.114. The zero-order valence-corrected chi connectivity index (χ0v) is 73.0. The van der Waals surface area contributed by atoms with Crippen LogP contribution in [0.3, 0.4) is 0 Å². The van der Waals surface area contributed by atoms with Crippen LogP contribution < -0.4 is 53.8 Å². The predicted octanol–water partition coefficient (Wildman–Crippen LogP) is 18.9. The standard InChI is InChI=1S/C15H15NO3.C11H17NO2S.C11H15NO2.C10H16N2O2S.2C10H15NO2S.C9H11NO2S.C9H11NO/c1-11-4-3-5-12(10-11)16-15(17)19-14-8-6-13(18-2)7-9-14;1-3-4-9-15(13,14)12-11-7-5-10(2)6-8-11;1-8(2)14-11(13)12-10-6-4-5-9(3)7-10;1-8(2)11-15(13,14)12-10-6-4-5-9(3)7-10;1-8(2)14(12,13)11-10-6-4-9(3)5-7-10;1-3-7-14(12,13)11-10-6-4-5-9(2)8-10;1-3-13(11,12)10-9-6-4-5-8(2)7-9;1-7-3-5-9(6-4-7)10-8(2)11/h3-10H,1-2H3,(H,16,17);5-8,12H,3-4,9H2,1-2H3;4-8H,1-3H3,(H,12,13);4-8,11-12H,1-3H3;4-8,11H,1-3H3;4-6,8,11H,3,7H2,1-2H3;3-7,10H,1H2,2H3;3-6H,1-2H3,(H,10,11). The fourth-order valence-electron chi connectivity index (χ4n) is 8.96. The summed E-state index contributed by atoms with van der Waals surface area (Å²) in [7, 11) is -14.8. The van der Waals surface area contributed by atoms with Gasteiger partial charge in [-0.25, -0.2) is 43.3 Å². The summed E-state index contributed by atoms with van der Waals surface area (Å²) in [6.45, 7) is 34.6. The molecule has 0 saturated heterocycles. The molecule has 25 nitrogen and oxygen atoms in total. The van der Waals surface area contributed by atoms with Gasteiger partial charge in [-0.05, 0) is 259 Å². The first kappa shape index (κ1) is 100. The summed E-state index contributed by atoms with van der Waals surface area (Å²) in [6, 6.07) is 65.7. The molecule has 0 fully saturated rings. The fraction of sp³-hybridized carbons (Fsp3) is 0.306. The Hall–Kier alpha value is -10.8. The summed E-state index contributed by atoms with van der Waals surface area (Å²) >= 11 is 0. The van der Waals surface area contributed by atoms with Crippen molar-refractivity contribution in [3.05, 3.63) is 275 Å². The number of sulfonamides is 4. The van der Waals surface area contributed by atoms with Crippen molar-refractivity contribution in [2.75, 3.05) is 58.2 Å². The zero-order valence-electron chi connectivity index (χ0n) is 68.9. The highest BCUT2D eigenvalue weighted by atomic mass is 32.2. The van der Waals surface area contributed by atoms with Crippen molar-refractivity contribution >= 4 is 114 Å². The Labute approximate surface area is 683 Å². The van der Waals surface area contributed by atoms with Crippen LogP contribution >= 0.6 is 0 Å². The number of carbonyl (C=O) groups excluding carboxylic acids is 3. The summed E-state index contributed by atoms with van der Waals surface area (Å²) in [5, 5.41) is 8.48. The number of rotatable bonds is 25. The Morgan fingerprint density at radius 2 is 0.748 bits per heavy atom. The van der Waals surface area contributed by atoms with Crippen molar-refractivity contribution in [3.63, 3.8) is 0 Å². The number of anilines is 8. The van der Waals surface area contributed by atoms with Gasteiger partial charge in [0.05, 0.1) is 30.0 Å². The van der Waals surface area contributed by atoms with Gasteiger partial charge >= 0.3 is 12.2 Å². The number of nitrogens with one attached hydrogen (secondary N) is 9. The Balaban J connectivity index is 0.000000448. The van der Waals surface area contributed by atoms with Crippen LogP contribution in [0.5, 0.6) is 11.5 Å². The Bertz CT molecular complexity index is 5060. The summed E-state index contributed by atoms with van der Waals surface area (Å²) in [5.41, 5.74) is 14.0. The van der Waals surface area contributed by atoms with E-state index in [2.05, 4.69) is 50.9 Å². The van der Waals surface area contributed by atoms with Crippen molar-refractivity contribution < 1.29 is 70.7 Å². The third-order valence-electron chi connectivity index (χ3n) is 14.5. The summed E-state index contributed by atoms with van der Waals surface area (Å²) in [5.74, 6) is 1.50. The van der Waals surface area contributed by atoms with E-state index in [9.17, 15) is 56.5 Å². The molecule has 9 N–H and O–H groups in total. The van der Waals surface area contributed by atoms with Crippen LogP contribution in [-0.2, 0) is 59.8 Å². The number of aryl methyl sites for hydroxylation is 8. The first-order chi connectivity index (χ1) is 53.8. The van der Waals surface area contributed by atoms with Gasteiger partial charge in [0.2, 0.25) is 36.0 Å². The molecule has 0 radical (unpaired) electrons. The van der Waals surface area contributed by atoms with Crippen LogP contribution in [0, 0.1) is 55.4 Å². The SMILES string of the molecule is C=CS(=O)(=O)Nc1cccc(C)c1.CC(=O)Nc1ccc(C)cc1.CCCCS(=O)(=O)Nc1ccc(C)cc1.CCCS(=O)(=O)Nc1cccc(C)c1.COc1ccc(OC(=O)Nc2cccc(C)c2)cc1.Cc1ccc(NS(=O)(=O)C(C)C)cc1.Cc1cccc(NC(=O)OC(C)C)c1.Cc1cccc(NS(=O)(=O)NC(C)C)c1. The van der Waals surface area contributed by atoms with E-state index in [1.165, 1.54) is 12.5 Å². The normalized spacial score (nSPS) is 10.8. The lowest BCUT2D eigenvalue weighted by Crippen LogP contribution is -2.35. The Morgan fingerprint density at radius 3 is 1.11 bits per heavy atom. The van der Waals surface area contributed by atoms with Crippen molar-refractivity contribution in [2.24, 2.45) is 0 Å². The Kier molecular flexibility index (Phi) is 44.6. The number of ether oxygens (including phenoxy) is 3. The van der Waals surface area contributed by atoms with Crippen LogP contribution in [0.15, 0.2) is 230 Å². The van der Waals surface area contributed by atoms with Crippen LogP contribution in [0.25, 0.3) is 0 Å². The largest absolute Gasteiger partial charge is 0.497 e. The van der Waals surface area contributed by atoms with Gasteiger partial charge in [-0.15, -0.1) is 0 Å². The van der Waals surface area contributed by atoms with E-state index in [0.717, 1.165) is 62.1 Å². The summed E-state index contributed by atoms with van der Waals surface area (Å²) in [6.07, 6.45) is 1.18. The van der Waals surface area contributed by atoms with Crippen LogP contribution in [0.1, 0.15) is 126 Å². The minimum absolute atomic E-state index is 0.0335. The molecule has 9 aromatic carbocycles. The van der Waals surface area contributed by atoms with Crippen LogP contribution in [-0.4, -0.2) is 96.2 Å². The highest BCUT2D eigenvalue weighted by molar-refractivity contribution is 7.95. The van der Waals surface area contributed by atoms with Crippen molar-refractivity contribution in [3.8, 4) is 11.5 Å². The lowest BCUT2D eigenvalue weighted by Gasteiger charge is -2.11. The highest BCUT2D eigenvalue weighted by Crippen LogP contribution is 2.21. The molecule has 0 aliphatic rings. The van der Waals surface area contributed by atoms with E-state index in [1.807, 2.05) is 217 Å². The lowest BCUT2D eigenvalue weighted by atomic mass is 10.2. The second kappa shape index (κ2) is 51.2. The van der Waals surface area contributed by atoms with E-state index < -0.39 is 67.7 Å². The van der Waals surface area contributed by atoms with Crippen LogP contribution in [0.4, 0.5) is 55.1 Å². The van der Waals surface area contributed by atoms with Crippen molar-refractivity contribution in [1.82, 2.24) is 4.72 Å². The second-order valence-electron chi connectivity index (χ2n) is 27.0. The quantitative estimate of drug-likeness (QED) is 0.0257. The predicted molar refractivity (Wildman–Crippen MR) is 473 cm³/mol. The van der Waals surface area contributed by atoms with Gasteiger partial charge in [-0.1, -0.05) is 141 Å². The monoisotopic (exact) mass is 1680 g/mol. The van der Waals surface area contributed by atoms with E-state index in [0.29, 0.717) is 58.5 Å². The molecule has 9 aromatic rings. The van der Waals surface area contributed by atoms with Gasteiger partial charge in [-0.2, -0.15) is 13.1 Å². The minimum atomic E-state index is -3.45. The molecule has 0 atom stereocenters. The maximum atomic E-state index is 11.7. The number of methoxy groups -OCH3 is 1. The van der Waals surface area contributed by atoms with Gasteiger partial charge in [-0.3, -0.25) is 39.0 Å². The van der Waals surface area contributed by atoms with Crippen molar-refractivity contribution in [1.29, 1.82) is 0 Å². The molecule has 0 heterocycles. The molecule has 0 aromatic heterocycles. The summed E-state index contributed by atoms with van der Waals surface area (Å²) < 4.78 is 144. The van der Waals surface area contributed by atoms with Gasteiger partial charge in [0, 0.05) is 63.9 Å². The maximum absolute atomic E-state index is 11.7. The van der Waals surface area contributed by atoms with Gasteiger partial charge < -0.3 is 19.5 Å². The van der Waals surface area contributed by atoms with Gasteiger partial charge in [0.1, 0.15) is 11.5 Å². The smallest absolute Gasteiger partial charge is 0.417 e. The molecule has 0 spiro atoms. The maximum Gasteiger partial charge on any atom is 0.417 e. The third-order valence-corrected chi connectivity index (χ3v) is 21.3. The van der Waals surface area contributed by atoms with Gasteiger partial charge in [0.15, 0.2) is 0 Å². The number of hydrogen-bond donors (Lipinski definition) is 9. The Morgan fingerprint density at radius 1 is 0.391 bits per heavy atom. The molecule has 115 heavy (non-hydrogen) atoms. The molecule has 0 aliphatic heterocycles.